The van der Waals surface area contributed by atoms with E-state index < -0.39 is 0 Å². The van der Waals surface area contributed by atoms with Gasteiger partial charge in [-0.15, -0.1) is 11.3 Å². The first-order valence-corrected chi connectivity index (χ1v) is 20.7. The van der Waals surface area contributed by atoms with E-state index in [0.29, 0.717) is 0 Å². The minimum absolute atomic E-state index is 0.0205. The van der Waals surface area contributed by atoms with Gasteiger partial charge >= 0.3 is 0 Å². The minimum Gasteiger partial charge on any atom is -0.456 e. The molecule has 0 spiro atoms. The lowest BCUT2D eigenvalue weighted by Gasteiger charge is -2.29. The summed E-state index contributed by atoms with van der Waals surface area (Å²) in [7, 11) is 0. The number of rotatable bonds is 4. The van der Waals surface area contributed by atoms with Crippen LogP contribution in [0.1, 0.15) is 77.6 Å². The molecule has 0 saturated heterocycles. The number of furan rings is 1. The van der Waals surface area contributed by atoms with E-state index >= 15 is 0 Å². The Balaban J connectivity index is 1.22. The van der Waals surface area contributed by atoms with Gasteiger partial charge in [-0.25, -0.2) is 0 Å². The van der Waals surface area contributed by atoms with Gasteiger partial charge in [0.25, 0.3) is 0 Å². The molecule has 0 bridgehead atoms. The quantitative estimate of drug-likeness (QED) is 0.178. The monoisotopic (exact) mass is 745 g/mol. The third kappa shape index (κ3) is 5.28. The molecule has 0 radical (unpaired) electrons. The Morgan fingerprint density at radius 3 is 1.96 bits per heavy atom. The van der Waals surface area contributed by atoms with Gasteiger partial charge in [0.1, 0.15) is 11.2 Å². The highest BCUT2D eigenvalue weighted by Gasteiger charge is 2.40. The normalized spacial score (nSPS) is 13.9. The number of thiophene rings is 1. The molecule has 1 aliphatic rings. The first-order valence-electron chi connectivity index (χ1n) is 19.8. The van der Waals surface area contributed by atoms with E-state index in [0.717, 1.165) is 33.3 Å². The fraction of sp³-hybridized carbons (Fsp3) is 0.208. The predicted octanol–water partition coefficient (Wildman–Crippen LogP) is 16.0. The van der Waals surface area contributed by atoms with Gasteiger partial charge in [-0.05, 0) is 92.2 Å². The van der Waals surface area contributed by atoms with Crippen LogP contribution in [0.5, 0.6) is 0 Å². The van der Waals surface area contributed by atoms with Crippen molar-refractivity contribution in [2.45, 2.75) is 71.6 Å². The van der Waals surface area contributed by atoms with Crippen LogP contribution in [0.2, 0.25) is 0 Å². The molecule has 2 heterocycles. The third-order valence-corrected chi connectivity index (χ3v) is 13.4. The number of benzene rings is 7. The molecule has 0 aliphatic heterocycles. The molecule has 7 aromatic carbocycles. The van der Waals surface area contributed by atoms with Crippen LogP contribution in [0.15, 0.2) is 144 Å². The standard InChI is InChI=1S/C53H47NOS/c1-51(2,3)34-29-41-39-27-28-40-47-42(53(7,8)48(40)50(39)56-49(41)43(30-34)52(4,5)6)18-14-19-44(47)54(35-23-21-33(22-24-35)32-15-10-9-11-16-32)36-25-26-38-37-17-12-13-20-45(37)55-46(38)31-36/h9-31H,1-8H3. The lowest BCUT2D eigenvalue weighted by atomic mass is 9.79. The molecule has 10 rings (SSSR count). The van der Waals surface area contributed by atoms with Gasteiger partial charge < -0.3 is 9.32 Å². The maximum Gasteiger partial charge on any atom is 0.137 e. The molecule has 0 atom stereocenters. The average molecular weight is 746 g/mol. The molecule has 1 aliphatic carbocycles. The van der Waals surface area contributed by atoms with Gasteiger partial charge in [0, 0.05) is 59.4 Å². The fourth-order valence-corrected chi connectivity index (χ4v) is 10.9. The van der Waals surface area contributed by atoms with Crippen molar-refractivity contribution in [2.24, 2.45) is 0 Å². The molecule has 0 unspecified atom stereocenters. The van der Waals surface area contributed by atoms with Crippen LogP contribution in [0, 0.1) is 0 Å². The van der Waals surface area contributed by atoms with Crippen LogP contribution >= 0.6 is 11.3 Å². The number of anilines is 3. The highest BCUT2D eigenvalue weighted by atomic mass is 32.1. The zero-order chi connectivity index (χ0) is 38.7. The van der Waals surface area contributed by atoms with E-state index in [2.05, 4.69) is 194 Å². The Kier molecular flexibility index (Phi) is 7.57. The molecule has 0 amide bonds. The number of fused-ring (bicyclic) bond motifs is 10. The molecular weight excluding hydrogens is 699 g/mol. The number of nitrogens with zero attached hydrogens (tertiary/aromatic N) is 1. The average Bonchev–Trinajstić information content (AvgIpc) is 3.82. The molecule has 56 heavy (non-hydrogen) atoms. The summed E-state index contributed by atoms with van der Waals surface area (Å²) < 4.78 is 9.31. The molecular formula is C53H47NOS. The van der Waals surface area contributed by atoms with Gasteiger partial charge in [-0.3, -0.25) is 0 Å². The van der Waals surface area contributed by atoms with Crippen molar-refractivity contribution in [2.75, 3.05) is 4.90 Å². The molecule has 3 heteroatoms. The second-order valence-electron chi connectivity index (χ2n) is 18.2. The van der Waals surface area contributed by atoms with Gasteiger partial charge in [0.2, 0.25) is 0 Å². The van der Waals surface area contributed by atoms with Crippen LogP contribution in [0.4, 0.5) is 17.1 Å². The van der Waals surface area contributed by atoms with Crippen LogP contribution in [0.25, 0.3) is 64.4 Å². The summed E-state index contributed by atoms with van der Waals surface area (Å²) in [6, 6.07) is 51.4. The highest BCUT2D eigenvalue weighted by Crippen LogP contribution is 2.58. The largest absolute Gasteiger partial charge is 0.456 e. The summed E-state index contributed by atoms with van der Waals surface area (Å²) in [4.78, 5) is 2.44. The van der Waals surface area contributed by atoms with E-state index in [9.17, 15) is 0 Å². The summed E-state index contributed by atoms with van der Waals surface area (Å²) in [6.45, 7) is 18.9. The molecule has 2 nitrogen and oxygen atoms in total. The first-order chi connectivity index (χ1) is 26.8. The number of para-hydroxylation sites is 1. The summed E-state index contributed by atoms with van der Waals surface area (Å²) in [5.41, 5.74) is 15.7. The second kappa shape index (κ2) is 12.2. The Labute approximate surface area is 334 Å². The second-order valence-corrected chi connectivity index (χ2v) is 19.2. The first kappa shape index (κ1) is 34.8. The smallest absolute Gasteiger partial charge is 0.137 e. The highest BCUT2D eigenvalue weighted by molar-refractivity contribution is 7.26. The van der Waals surface area contributed by atoms with Gasteiger partial charge in [-0.1, -0.05) is 146 Å². The van der Waals surface area contributed by atoms with Crippen molar-refractivity contribution < 1.29 is 4.42 Å². The minimum atomic E-state index is -0.207. The molecule has 0 fully saturated rings. The maximum atomic E-state index is 6.49. The zero-order valence-corrected chi connectivity index (χ0v) is 34.4. The Bertz CT molecular complexity index is 3000. The Morgan fingerprint density at radius 1 is 0.536 bits per heavy atom. The zero-order valence-electron chi connectivity index (χ0n) is 33.5. The summed E-state index contributed by atoms with van der Waals surface area (Å²) in [5.74, 6) is 0. The van der Waals surface area contributed by atoms with Crippen LogP contribution < -0.4 is 4.90 Å². The van der Waals surface area contributed by atoms with E-state index in [1.807, 2.05) is 17.4 Å². The maximum absolute atomic E-state index is 6.49. The summed E-state index contributed by atoms with van der Waals surface area (Å²) >= 11 is 2.00. The van der Waals surface area contributed by atoms with E-state index in [1.54, 1.807) is 0 Å². The third-order valence-electron chi connectivity index (χ3n) is 12.1. The predicted molar refractivity (Wildman–Crippen MR) is 242 cm³/mol. The summed E-state index contributed by atoms with van der Waals surface area (Å²) in [5, 5.41) is 5.02. The van der Waals surface area contributed by atoms with Gasteiger partial charge in [-0.2, -0.15) is 0 Å². The fourth-order valence-electron chi connectivity index (χ4n) is 9.14. The van der Waals surface area contributed by atoms with Crippen LogP contribution in [0.3, 0.4) is 0 Å². The van der Waals surface area contributed by atoms with Gasteiger partial charge in [0.05, 0.1) is 5.69 Å². The van der Waals surface area contributed by atoms with Gasteiger partial charge in [0.15, 0.2) is 0 Å². The summed E-state index contributed by atoms with van der Waals surface area (Å²) in [6.07, 6.45) is 0. The van der Waals surface area contributed by atoms with Crippen molar-refractivity contribution in [1.82, 2.24) is 0 Å². The number of hydrogen-bond donors (Lipinski definition) is 0. The van der Waals surface area contributed by atoms with Crippen molar-refractivity contribution in [3.63, 3.8) is 0 Å². The van der Waals surface area contributed by atoms with Crippen LogP contribution in [-0.2, 0) is 16.2 Å². The Hall–Kier alpha value is -5.64. The lowest BCUT2D eigenvalue weighted by molar-refractivity contribution is 0.573. The molecule has 0 N–H and O–H groups in total. The topological polar surface area (TPSA) is 16.4 Å². The molecule has 0 saturated carbocycles. The van der Waals surface area contributed by atoms with E-state index in [-0.39, 0.29) is 16.2 Å². The molecule has 2 aromatic heterocycles. The van der Waals surface area contributed by atoms with Crippen molar-refractivity contribution in [3.8, 4) is 22.3 Å². The van der Waals surface area contributed by atoms with Crippen LogP contribution in [-0.4, -0.2) is 0 Å². The lowest BCUT2D eigenvalue weighted by Crippen LogP contribution is -2.16. The molecule has 276 valence electrons. The van der Waals surface area contributed by atoms with E-state index in [4.69, 9.17) is 4.42 Å². The van der Waals surface area contributed by atoms with Crippen molar-refractivity contribution >= 4 is 70.5 Å². The number of hydrogen-bond acceptors (Lipinski definition) is 3. The van der Waals surface area contributed by atoms with Crippen molar-refractivity contribution in [1.29, 1.82) is 0 Å². The van der Waals surface area contributed by atoms with E-state index in [1.165, 1.54) is 70.4 Å². The Morgan fingerprint density at radius 2 is 1.21 bits per heavy atom. The SMILES string of the molecule is CC(C)(C)c1cc(C(C)(C)C)c2sc3c4c(ccc3c2c1)-c1c(N(c2ccc(-c3ccccc3)cc2)c2ccc3c(c2)oc2ccccc23)cccc1C4(C)C. The van der Waals surface area contributed by atoms with Crippen molar-refractivity contribution in [3.05, 3.63) is 162 Å². The molecule has 9 aromatic rings.